The molecule has 2 aliphatic rings. The van der Waals surface area contributed by atoms with Gasteiger partial charge in [-0.25, -0.2) is 0 Å². The molecule has 0 aromatic rings. The van der Waals surface area contributed by atoms with Crippen LogP contribution in [-0.4, -0.2) is 26.2 Å². The van der Waals surface area contributed by atoms with Gasteiger partial charge in [-0.15, -0.1) is 12.1 Å². The molecule has 0 bridgehead atoms. The fraction of sp³-hybridized carbons (Fsp3) is 1.00. The van der Waals surface area contributed by atoms with Crippen LogP contribution in [0.1, 0.15) is 64.2 Å². The first-order valence-electron chi connectivity index (χ1n) is 7.04. The molecule has 0 spiro atoms. The topological polar surface area (TPSA) is 28.2 Å². The van der Waals surface area contributed by atoms with Crippen molar-refractivity contribution in [3.63, 3.8) is 0 Å². The van der Waals surface area contributed by atoms with E-state index in [0.717, 1.165) is 0 Å². The molecule has 2 saturated carbocycles. The van der Waals surface area contributed by atoms with Crippen molar-refractivity contribution in [1.29, 1.82) is 0 Å². The fourth-order valence-corrected chi connectivity index (χ4v) is 2.68. The maximum absolute atomic E-state index is 4.25. The minimum atomic E-state index is 0. The van der Waals surface area contributed by atoms with E-state index in [4.69, 9.17) is 0 Å². The molecule has 2 fully saturated rings. The number of rotatable bonds is 2. The quantitative estimate of drug-likeness (QED) is 0.562. The maximum atomic E-state index is 4.25. The Balaban J connectivity index is -0.000000233. The molecule has 0 amide bonds. The van der Waals surface area contributed by atoms with Gasteiger partial charge in [-0.05, 0) is 0 Å². The molecule has 0 N–H and O–H groups in total. The van der Waals surface area contributed by atoms with Crippen LogP contribution in [0.4, 0.5) is 0 Å². The molecule has 0 aromatic heterocycles. The number of hydrogen-bond donors (Lipinski definition) is 0. The van der Waals surface area contributed by atoms with Crippen LogP contribution in [0.5, 0.6) is 0 Å². The molecule has 0 heterocycles. The van der Waals surface area contributed by atoms with Gasteiger partial charge in [0.25, 0.3) is 0 Å². The fourth-order valence-electron chi connectivity index (χ4n) is 2.68. The number of nitrogens with zero attached hydrogens (tertiary/aromatic N) is 2. The van der Waals surface area contributed by atoms with Crippen LogP contribution in [0.2, 0.25) is 0 Å². The van der Waals surface area contributed by atoms with Crippen molar-refractivity contribution in [2.24, 2.45) is 0 Å². The summed E-state index contributed by atoms with van der Waals surface area (Å²) in [6.07, 6.45) is 13.9. The SMILES string of the molecule is C[N-]C1CCCCC1.C[N-]C1CCCCC1.[Cl-].[Cl-].[Zr+4]. The first-order chi connectivity index (χ1) is 7.86. The second kappa shape index (κ2) is 17.4. The molecule has 5 heteroatoms. The first kappa shape index (κ1) is 25.3. The zero-order chi connectivity index (χ0) is 11.6. The smallest absolute Gasteiger partial charge is 1.00 e. The van der Waals surface area contributed by atoms with E-state index in [-0.39, 0.29) is 51.0 Å². The summed E-state index contributed by atoms with van der Waals surface area (Å²) >= 11 is 0. The van der Waals surface area contributed by atoms with E-state index in [9.17, 15) is 0 Å². The van der Waals surface area contributed by atoms with Crippen LogP contribution in [0.15, 0.2) is 0 Å². The Labute approximate surface area is 151 Å². The predicted octanol–water partition coefficient (Wildman–Crippen LogP) is -1.35. The van der Waals surface area contributed by atoms with Gasteiger partial charge < -0.3 is 35.4 Å². The third-order valence-electron chi connectivity index (χ3n) is 3.88. The average Bonchev–Trinajstić information content (AvgIpc) is 2.41. The van der Waals surface area contributed by atoms with Gasteiger partial charge in [0.2, 0.25) is 0 Å². The van der Waals surface area contributed by atoms with Crippen molar-refractivity contribution in [3.8, 4) is 0 Å². The molecule has 0 radical (unpaired) electrons. The second-order valence-corrected chi connectivity index (χ2v) is 5.10. The van der Waals surface area contributed by atoms with Crippen LogP contribution in [-0.2, 0) is 26.2 Å². The molecule has 0 saturated heterocycles. The van der Waals surface area contributed by atoms with E-state index < -0.39 is 0 Å². The molecule has 19 heavy (non-hydrogen) atoms. The zero-order valence-corrected chi connectivity index (χ0v) is 16.3. The Morgan fingerprint density at radius 2 is 0.842 bits per heavy atom. The summed E-state index contributed by atoms with van der Waals surface area (Å²) in [6.45, 7) is 0. The standard InChI is InChI=1S/2C7H14N.2ClH.Zr/c2*1-8-7-5-3-2-4-6-7;;;/h2*7H,2-6H2,1H3;2*1H;/q2*-1;;;+4/p-2. The van der Waals surface area contributed by atoms with E-state index in [1.807, 2.05) is 14.1 Å². The van der Waals surface area contributed by atoms with Crippen molar-refractivity contribution >= 4 is 0 Å². The van der Waals surface area contributed by atoms with E-state index in [0.29, 0.717) is 12.1 Å². The molecule has 2 rings (SSSR count). The molecule has 0 atom stereocenters. The second-order valence-electron chi connectivity index (χ2n) is 5.10. The van der Waals surface area contributed by atoms with Crippen LogP contribution in [0.3, 0.4) is 0 Å². The Morgan fingerprint density at radius 3 is 1.00 bits per heavy atom. The summed E-state index contributed by atoms with van der Waals surface area (Å²) in [5, 5.41) is 8.50. The Morgan fingerprint density at radius 1 is 0.579 bits per heavy atom. The zero-order valence-electron chi connectivity index (χ0n) is 12.4. The molecule has 0 aromatic carbocycles. The van der Waals surface area contributed by atoms with Gasteiger partial charge in [-0.1, -0.05) is 64.2 Å². The van der Waals surface area contributed by atoms with Gasteiger partial charge in [0, 0.05) is 0 Å². The van der Waals surface area contributed by atoms with Gasteiger partial charge in [0.15, 0.2) is 0 Å². The minimum Gasteiger partial charge on any atom is -1.00 e. The van der Waals surface area contributed by atoms with E-state index in [1.54, 1.807) is 0 Å². The summed E-state index contributed by atoms with van der Waals surface area (Å²) in [4.78, 5) is 0. The van der Waals surface area contributed by atoms with Gasteiger partial charge in [-0.2, -0.15) is 14.1 Å². The summed E-state index contributed by atoms with van der Waals surface area (Å²) in [7, 11) is 3.88. The van der Waals surface area contributed by atoms with Crippen molar-refractivity contribution in [1.82, 2.24) is 0 Å². The van der Waals surface area contributed by atoms with Crippen molar-refractivity contribution in [2.45, 2.75) is 76.3 Å². The summed E-state index contributed by atoms with van der Waals surface area (Å²) in [5.41, 5.74) is 0. The summed E-state index contributed by atoms with van der Waals surface area (Å²) in [6, 6.07) is 1.42. The van der Waals surface area contributed by atoms with Crippen LogP contribution in [0, 0.1) is 0 Å². The van der Waals surface area contributed by atoms with Crippen molar-refractivity contribution in [2.75, 3.05) is 14.1 Å². The van der Waals surface area contributed by atoms with E-state index >= 15 is 0 Å². The van der Waals surface area contributed by atoms with E-state index in [1.165, 1.54) is 64.2 Å². The Bertz CT molecular complexity index is 144. The Kier molecular flexibility index (Phi) is 23.3. The molecule has 2 nitrogen and oxygen atoms in total. The third kappa shape index (κ3) is 12.8. The van der Waals surface area contributed by atoms with Gasteiger partial charge in [0.05, 0.1) is 0 Å². The molecule has 0 unspecified atom stereocenters. The van der Waals surface area contributed by atoms with Gasteiger partial charge in [0.1, 0.15) is 0 Å². The first-order valence-corrected chi connectivity index (χ1v) is 7.04. The minimum absolute atomic E-state index is 0. The monoisotopic (exact) mass is 384 g/mol. The van der Waals surface area contributed by atoms with Crippen LogP contribution in [0.25, 0.3) is 10.6 Å². The van der Waals surface area contributed by atoms with Crippen molar-refractivity contribution in [3.05, 3.63) is 10.6 Å². The molecule has 112 valence electrons. The predicted molar refractivity (Wildman–Crippen MR) is 72.3 cm³/mol. The number of halogens is 2. The third-order valence-corrected chi connectivity index (χ3v) is 3.88. The van der Waals surface area contributed by atoms with Crippen LogP contribution >= 0.6 is 0 Å². The summed E-state index contributed by atoms with van der Waals surface area (Å²) < 4.78 is 0. The largest absolute Gasteiger partial charge is 4.00 e. The van der Waals surface area contributed by atoms with Gasteiger partial charge >= 0.3 is 26.2 Å². The summed E-state index contributed by atoms with van der Waals surface area (Å²) in [5.74, 6) is 0. The number of hydrogen-bond acceptors (Lipinski definition) is 0. The Hall–Kier alpha value is 1.38. The van der Waals surface area contributed by atoms with Crippen molar-refractivity contribution < 1.29 is 51.0 Å². The molecule has 2 aliphatic carbocycles. The van der Waals surface area contributed by atoms with E-state index in [2.05, 4.69) is 10.6 Å². The molecule has 0 aliphatic heterocycles. The maximum Gasteiger partial charge on any atom is 4.00 e. The van der Waals surface area contributed by atoms with Crippen LogP contribution < -0.4 is 24.8 Å². The average molecular weight is 387 g/mol. The normalized spacial score (nSPS) is 19.9. The molecular formula is C14H28Cl2N2Zr. The van der Waals surface area contributed by atoms with Gasteiger partial charge in [-0.3, -0.25) is 0 Å². The molecular weight excluding hydrogens is 358 g/mol.